The van der Waals surface area contributed by atoms with E-state index in [4.69, 9.17) is 16.7 Å². The van der Waals surface area contributed by atoms with E-state index >= 15 is 0 Å². The highest BCUT2D eigenvalue weighted by Crippen LogP contribution is 2.34. The maximum Gasteiger partial charge on any atom is 0.326 e. The van der Waals surface area contributed by atoms with Crippen molar-refractivity contribution in [2.45, 2.75) is 18.9 Å². The first-order valence-corrected chi connectivity index (χ1v) is 5.01. The Kier molecular flexibility index (Phi) is 2.73. The summed E-state index contributed by atoms with van der Waals surface area (Å²) in [5.41, 5.74) is 0. The van der Waals surface area contributed by atoms with Gasteiger partial charge < -0.3 is 10.4 Å². The minimum Gasteiger partial charge on any atom is -0.480 e. The van der Waals surface area contributed by atoms with Crippen molar-refractivity contribution in [3.63, 3.8) is 0 Å². The Labute approximate surface area is 91.5 Å². The molecular formula is C9H10ClN3O2. The van der Waals surface area contributed by atoms with Gasteiger partial charge in [0.05, 0.1) is 12.4 Å². The molecule has 2 N–H and O–H groups in total. The smallest absolute Gasteiger partial charge is 0.326 e. The first-order valence-electron chi connectivity index (χ1n) is 4.63. The minimum absolute atomic E-state index is 0.197. The fraction of sp³-hybridized carbons (Fsp3) is 0.444. The first kappa shape index (κ1) is 10.2. The molecule has 1 unspecified atom stereocenters. The third kappa shape index (κ3) is 2.56. The molecule has 1 aliphatic rings. The van der Waals surface area contributed by atoms with E-state index in [0.717, 1.165) is 12.8 Å². The molecule has 0 saturated heterocycles. The van der Waals surface area contributed by atoms with Crippen LogP contribution in [0.2, 0.25) is 5.15 Å². The van der Waals surface area contributed by atoms with Crippen LogP contribution in [-0.2, 0) is 4.79 Å². The van der Waals surface area contributed by atoms with Gasteiger partial charge in [-0.1, -0.05) is 11.6 Å². The van der Waals surface area contributed by atoms with E-state index in [1.807, 2.05) is 0 Å². The average Bonchev–Trinajstić information content (AvgIpc) is 2.97. The molecule has 1 aromatic rings. The van der Waals surface area contributed by atoms with Gasteiger partial charge >= 0.3 is 5.97 Å². The Morgan fingerprint density at radius 3 is 2.87 bits per heavy atom. The summed E-state index contributed by atoms with van der Waals surface area (Å²) < 4.78 is 0. The fourth-order valence-corrected chi connectivity index (χ4v) is 1.53. The van der Waals surface area contributed by atoms with Gasteiger partial charge in [-0.15, -0.1) is 0 Å². The van der Waals surface area contributed by atoms with Crippen LogP contribution in [0.3, 0.4) is 0 Å². The number of aliphatic carboxylic acids is 1. The van der Waals surface area contributed by atoms with Crippen LogP contribution in [0.25, 0.3) is 0 Å². The van der Waals surface area contributed by atoms with E-state index in [2.05, 4.69) is 15.3 Å². The number of carboxylic acids is 1. The third-order valence-electron chi connectivity index (χ3n) is 2.27. The molecule has 1 saturated carbocycles. The molecule has 0 spiro atoms. The lowest BCUT2D eigenvalue weighted by molar-refractivity contribution is -0.138. The van der Waals surface area contributed by atoms with Crippen molar-refractivity contribution >= 4 is 23.4 Å². The van der Waals surface area contributed by atoms with Gasteiger partial charge in [0.1, 0.15) is 17.0 Å². The molecule has 0 aliphatic heterocycles. The molecule has 0 amide bonds. The summed E-state index contributed by atoms with van der Waals surface area (Å²) in [6.07, 6.45) is 4.75. The number of hydrogen-bond acceptors (Lipinski definition) is 4. The molecule has 0 bridgehead atoms. The summed E-state index contributed by atoms with van der Waals surface area (Å²) in [5.74, 6) is -0.260. The number of carbonyl (C=O) groups is 1. The number of hydrogen-bond donors (Lipinski definition) is 2. The Morgan fingerprint density at radius 2 is 2.33 bits per heavy atom. The van der Waals surface area contributed by atoms with Crippen molar-refractivity contribution in [3.05, 3.63) is 17.5 Å². The van der Waals surface area contributed by atoms with E-state index in [9.17, 15) is 4.79 Å². The van der Waals surface area contributed by atoms with Gasteiger partial charge in [-0.2, -0.15) is 0 Å². The van der Waals surface area contributed by atoms with Crippen molar-refractivity contribution in [2.24, 2.45) is 5.92 Å². The maximum atomic E-state index is 10.9. The molecule has 80 valence electrons. The summed E-state index contributed by atoms with van der Waals surface area (Å²) in [6.45, 7) is 0. The lowest BCUT2D eigenvalue weighted by Crippen LogP contribution is -2.31. The van der Waals surface area contributed by atoms with Crippen LogP contribution in [0.5, 0.6) is 0 Å². The molecular weight excluding hydrogens is 218 g/mol. The zero-order chi connectivity index (χ0) is 10.8. The van der Waals surface area contributed by atoms with Crippen LogP contribution in [0.15, 0.2) is 12.4 Å². The highest BCUT2D eigenvalue weighted by molar-refractivity contribution is 6.29. The van der Waals surface area contributed by atoms with Crippen molar-refractivity contribution < 1.29 is 9.90 Å². The van der Waals surface area contributed by atoms with Crippen LogP contribution >= 0.6 is 11.6 Å². The Balaban J connectivity index is 2.08. The van der Waals surface area contributed by atoms with Crippen molar-refractivity contribution in [3.8, 4) is 0 Å². The molecule has 5 nitrogen and oxygen atoms in total. The molecule has 1 heterocycles. The van der Waals surface area contributed by atoms with Gasteiger partial charge in [-0.3, -0.25) is 4.98 Å². The van der Waals surface area contributed by atoms with Gasteiger partial charge in [-0.25, -0.2) is 9.78 Å². The van der Waals surface area contributed by atoms with E-state index in [0.29, 0.717) is 5.82 Å². The van der Waals surface area contributed by atoms with Gasteiger partial charge in [0.15, 0.2) is 0 Å². The summed E-state index contributed by atoms with van der Waals surface area (Å²) in [7, 11) is 0. The van der Waals surface area contributed by atoms with Crippen LogP contribution in [0.4, 0.5) is 5.82 Å². The van der Waals surface area contributed by atoms with Crippen LogP contribution in [0, 0.1) is 5.92 Å². The van der Waals surface area contributed by atoms with Crippen LogP contribution < -0.4 is 5.32 Å². The molecule has 1 aromatic heterocycles. The summed E-state index contributed by atoms with van der Waals surface area (Å²) in [4.78, 5) is 18.7. The number of anilines is 1. The highest BCUT2D eigenvalue weighted by atomic mass is 35.5. The number of aromatic nitrogens is 2. The Hall–Kier alpha value is -1.36. The van der Waals surface area contributed by atoms with Crippen molar-refractivity contribution in [1.29, 1.82) is 0 Å². The summed E-state index contributed by atoms with van der Waals surface area (Å²) in [5, 5.41) is 12.0. The Bertz CT molecular complexity index is 381. The van der Waals surface area contributed by atoms with E-state index in [1.54, 1.807) is 0 Å². The van der Waals surface area contributed by atoms with Gasteiger partial charge in [0.25, 0.3) is 0 Å². The SMILES string of the molecule is O=C(O)C(Nc1cncc(Cl)n1)C1CC1. The molecule has 0 radical (unpaired) electrons. The predicted octanol–water partition coefficient (Wildman–Crippen LogP) is 1.41. The van der Waals surface area contributed by atoms with Gasteiger partial charge in [0, 0.05) is 0 Å². The zero-order valence-corrected chi connectivity index (χ0v) is 8.61. The molecule has 6 heteroatoms. The quantitative estimate of drug-likeness (QED) is 0.813. The number of halogens is 1. The van der Waals surface area contributed by atoms with Crippen LogP contribution in [0.1, 0.15) is 12.8 Å². The molecule has 0 aromatic carbocycles. The monoisotopic (exact) mass is 227 g/mol. The molecule has 1 fully saturated rings. The predicted molar refractivity (Wildman–Crippen MR) is 54.8 cm³/mol. The molecule has 2 rings (SSSR count). The minimum atomic E-state index is -0.862. The maximum absolute atomic E-state index is 10.9. The topological polar surface area (TPSA) is 75.1 Å². The number of nitrogens with one attached hydrogen (secondary N) is 1. The van der Waals surface area contributed by atoms with E-state index in [-0.39, 0.29) is 11.1 Å². The number of nitrogens with zero attached hydrogens (tertiary/aromatic N) is 2. The van der Waals surface area contributed by atoms with E-state index < -0.39 is 12.0 Å². The third-order valence-corrected chi connectivity index (χ3v) is 2.45. The standard InChI is InChI=1S/C9H10ClN3O2/c10-6-3-11-4-7(12-6)13-8(9(14)15)5-1-2-5/h3-5,8H,1-2H2,(H,12,13)(H,14,15). The number of carboxylic acid groups (broad SMARTS) is 1. The molecule has 15 heavy (non-hydrogen) atoms. The highest BCUT2D eigenvalue weighted by Gasteiger charge is 2.36. The number of rotatable bonds is 4. The lowest BCUT2D eigenvalue weighted by Gasteiger charge is -2.13. The fourth-order valence-electron chi connectivity index (χ4n) is 1.38. The molecule has 1 atom stereocenters. The average molecular weight is 228 g/mol. The lowest BCUT2D eigenvalue weighted by atomic mass is 10.2. The Morgan fingerprint density at radius 1 is 1.60 bits per heavy atom. The van der Waals surface area contributed by atoms with Crippen molar-refractivity contribution in [2.75, 3.05) is 5.32 Å². The first-order chi connectivity index (χ1) is 7.16. The molecule has 1 aliphatic carbocycles. The second kappa shape index (κ2) is 4.02. The van der Waals surface area contributed by atoms with Crippen molar-refractivity contribution in [1.82, 2.24) is 9.97 Å². The summed E-state index contributed by atoms with van der Waals surface area (Å²) in [6, 6.07) is -0.585. The second-order valence-electron chi connectivity index (χ2n) is 3.52. The second-order valence-corrected chi connectivity index (χ2v) is 3.91. The summed E-state index contributed by atoms with van der Waals surface area (Å²) >= 11 is 5.64. The van der Waals surface area contributed by atoms with Crippen LogP contribution in [-0.4, -0.2) is 27.1 Å². The van der Waals surface area contributed by atoms with Gasteiger partial charge in [-0.05, 0) is 18.8 Å². The largest absolute Gasteiger partial charge is 0.480 e. The normalized spacial score (nSPS) is 17.1. The van der Waals surface area contributed by atoms with E-state index in [1.165, 1.54) is 12.4 Å². The zero-order valence-electron chi connectivity index (χ0n) is 7.85. The van der Waals surface area contributed by atoms with Gasteiger partial charge in [0.2, 0.25) is 0 Å².